The number of aromatic nitrogens is 1. The molecule has 4 heteroatoms. The number of fused-ring (bicyclic) bond motifs is 1. The Balaban J connectivity index is 2.62. The number of rotatable bonds is 2. The minimum Gasteiger partial charge on any atom is -0.493 e. The zero-order valence-electron chi connectivity index (χ0n) is 13.5. The largest absolute Gasteiger partial charge is 0.493 e. The molecule has 15 heavy (non-hydrogen) atoms. The van der Waals surface area contributed by atoms with Gasteiger partial charge in [0.2, 0.25) is 0 Å². The molecule has 1 aromatic heterocycles. The van der Waals surface area contributed by atoms with Gasteiger partial charge in [0.05, 0.1) is 27.7 Å². The molecule has 0 atom stereocenters. The molecule has 0 fully saturated rings. The molecule has 0 aliphatic rings. The van der Waals surface area contributed by atoms with Crippen molar-refractivity contribution in [1.82, 2.24) is 4.98 Å². The molecule has 2 aromatic rings. The fourth-order valence-electron chi connectivity index (χ4n) is 1.35. The molecule has 0 aliphatic carbocycles. The van der Waals surface area contributed by atoms with Crippen molar-refractivity contribution in [3.63, 3.8) is 0 Å². The van der Waals surface area contributed by atoms with Crippen molar-refractivity contribution >= 4 is 10.8 Å². The Labute approximate surface area is 94.9 Å². The first-order chi connectivity index (χ1) is 9.55. The predicted molar refractivity (Wildman–Crippen MR) is 57.7 cm³/mol. The second kappa shape index (κ2) is 3.65. The van der Waals surface area contributed by atoms with E-state index in [1.54, 1.807) is 0 Å². The fourth-order valence-corrected chi connectivity index (χ4v) is 1.35. The Kier molecular flexibility index (Phi) is 1.14. The molecule has 1 heterocycles. The lowest BCUT2D eigenvalue weighted by molar-refractivity contribution is 0.356. The fraction of sp³-hybridized carbons (Fsp3) is 0.182. The van der Waals surface area contributed by atoms with E-state index >= 15 is 0 Å². The van der Waals surface area contributed by atoms with Gasteiger partial charge in [-0.2, -0.15) is 0 Å². The third-order valence-electron chi connectivity index (χ3n) is 2.06. The quantitative estimate of drug-likeness (QED) is 0.819. The summed E-state index contributed by atoms with van der Waals surface area (Å²) < 4.78 is 52.0. The smallest absolute Gasteiger partial charge is 0.255 e. The van der Waals surface area contributed by atoms with Crippen LogP contribution in [0.25, 0.3) is 10.8 Å². The number of benzene rings is 1. The van der Waals surface area contributed by atoms with E-state index in [0.29, 0.717) is 5.39 Å². The maximum absolute atomic E-state index is 11.7. The van der Waals surface area contributed by atoms with Gasteiger partial charge in [-0.25, -0.2) is 0 Å². The van der Waals surface area contributed by atoms with Crippen molar-refractivity contribution in [2.24, 2.45) is 0 Å². The van der Waals surface area contributed by atoms with E-state index in [-0.39, 0.29) is 16.9 Å². The summed E-state index contributed by atoms with van der Waals surface area (Å²) in [6, 6.07) is 3.92. The number of H-pyrrole nitrogens is 1. The highest BCUT2D eigenvalue weighted by Gasteiger charge is 2.07. The molecule has 0 bridgehead atoms. The van der Waals surface area contributed by atoms with Crippen molar-refractivity contribution in [3.05, 3.63) is 34.7 Å². The summed E-state index contributed by atoms with van der Waals surface area (Å²) >= 11 is 0. The van der Waals surface area contributed by atoms with Gasteiger partial charge in [0.25, 0.3) is 5.56 Å². The minimum atomic E-state index is -2.80. The molecule has 0 aliphatic heterocycles. The van der Waals surface area contributed by atoms with E-state index < -0.39 is 19.6 Å². The molecule has 0 saturated heterocycles. The summed E-state index contributed by atoms with van der Waals surface area (Å²) in [5.74, 6) is -0.612. The van der Waals surface area contributed by atoms with Crippen LogP contribution in [0, 0.1) is 0 Å². The van der Waals surface area contributed by atoms with Crippen LogP contribution in [0.3, 0.4) is 0 Å². The number of methoxy groups -OCH3 is 2. The number of hydrogen-bond donors (Lipinski definition) is 1. The molecule has 0 spiro atoms. The summed E-state index contributed by atoms with van der Waals surface area (Å²) in [6.07, 6.45) is 1.38. The summed E-state index contributed by atoms with van der Waals surface area (Å²) in [6.45, 7) is 0. The van der Waals surface area contributed by atoms with Crippen LogP contribution < -0.4 is 15.0 Å². The van der Waals surface area contributed by atoms with Gasteiger partial charge in [0.15, 0.2) is 11.5 Å². The first-order valence-electron chi connectivity index (χ1n) is 7.09. The van der Waals surface area contributed by atoms with Gasteiger partial charge in [0.1, 0.15) is 0 Å². The topological polar surface area (TPSA) is 51.3 Å². The zero-order valence-corrected chi connectivity index (χ0v) is 7.53. The van der Waals surface area contributed by atoms with Crippen LogP contribution in [-0.2, 0) is 0 Å². The lowest BCUT2D eigenvalue weighted by Gasteiger charge is -2.08. The first kappa shape index (κ1) is 4.70. The number of aromatic amines is 1. The molecule has 0 amide bonds. The van der Waals surface area contributed by atoms with Gasteiger partial charge in [-0.15, -0.1) is 0 Å². The average Bonchev–Trinajstić information content (AvgIpc) is 2.27. The SMILES string of the molecule is [2H]C([2H])([2H])Oc1cc2cc[nH]c(=O)c2cc1OC([2H])([2H])[2H]. The number of pyridine rings is 1. The molecule has 4 nitrogen and oxygen atoms in total. The third kappa shape index (κ3) is 1.54. The predicted octanol–water partition coefficient (Wildman–Crippen LogP) is 1.55. The van der Waals surface area contributed by atoms with E-state index in [9.17, 15) is 4.79 Å². The summed E-state index contributed by atoms with van der Waals surface area (Å²) in [5, 5.41) is 0.561. The van der Waals surface area contributed by atoms with Crippen molar-refractivity contribution in [2.75, 3.05) is 14.1 Å². The van der Waals surface area contributed by atoms with Crippen molar-refractivity contribution in [1.29, 1.82) is 0 Å². The summed E-state index contributed by atoms with van der Waals surface area (Å²) in [5.41, 5.74) is -0.455. The van der Waals surface area contributed by atoms with Crippen LogP contribution in [0.5, 0.6) is 11.5 Å². The summed E-state index contributed by atoms with van der Waals surface area (Å²) in [4.78, 5) is 14.1. The van der Waals surface area contributed by atoms with E-state index in [0.717, 1.165) is 6.07 Å². The van der Waals surface area contributed by atoms with Crippen LogP contribution in [0.1, 0.15) is 8.22 Å². The normalized spacial score (nSPS) is 17.9. The second-order valence-electron chi connectivity index (χ2n) is 2.90. The molecule has 1 aromatic carbocycles. The van der Waals surface area contributed by atoms with E-state index in [1.807, 2.05) is 0 Å². The van der Waals surface area contributed by atoms with Crippen LogP contribution in [0.4, 0.5) is 0 Å². The van der Waals surface area contributed by atoms with Gasteiger partial charge in [-0.05, 0) is 23.6 Å². The third-order valence-corrected chi connectivity index (χ3v) is 2.06. The maximum atomic E-state index is 11.7. The number of ether oxygens (including phenoxy) is 2. The van der Waals surface area contributed by atoms with Gasteiger partial charge in [-0.3, -0.25) is 4.79 Å². The van der Waals surface area contributed by atoms with Crippen LogP contribution in [0.2, 0.25) is 0 Å². The molecule has 0 saturated carbocycles. The highest BCUT2D eigenvalue weighted by Crippen LogP contribution is 2.30. The van der Waals surface area contributed by atoms with Gasteiger partial charge in [0, 0.05) is 6.20 Å². The van der Waals surface area contributed by atoms with Crippen molar-refractivity contribution in [3.8, 4) is 11.5 Å². The Morgan fingerprint density at radius 1 is 1.27 bits per heavy atom. The molecule has 2 rings (SSSR count). The average molecular weight is 211 g/mol. The summed E-state index contributed by atoms with van der Waals surface area (Å²) in [7, 11) is -5.58. The number of nitrogens with one attached hydrogen (secondary N) is 1. The Hall–Kier alpha value is -1.97. The zero-order chi connectivity index (χ0) is 15.8. The van der Waals surface area contributed by atoms with Gasteiger partial charge < -0.3 is 14.5 Å². The van der Waals surface area contributed by atoms with Gasteiger partial charge in [-0.1, -0.05) is 0 Å². The molecule has 0 radical (unpaired) electrons. The molecule has 1 N–H and O–H groups in total. The first-order valence-corrected chi connectivity index (χ1v) is 4.09. The van der Waals surface area contributed by atoms with Crippen LogP contribution in [0.15, 0.2) is 29.2 Å². The Bertz CT molecular complexity index is 718. The standard InChI is InChI=1S/C11H11NO3/c1-14-9-5-7-3-4-12-11(13)8(7)6-10(9)15-2/h3-6H,1-2H3,(H,12,13)/i1D3,2D3. The van der Waals surface area contributed by atoms with Crippen molar-refractivity contribution in [2.45, 2.75) is 0 Å². The lowest BCUT2D eigenvalue weighted by Crippen LogP contribution is -2.04. The second-order valence-corrected chi connectivity index (χ2v) is 2.90. The number of hydrogen-bond acceptors (Lipinski definition) is 3. The maximum Gasteiger partial charge on any atom is 0.255 e. The van der Waals surface area contributed by atoms with E-state index in [2.05, 4.69) is 4.98 Å². The lowest BCUT2D eigenvalue weighted by atomic mass is 10.1. The molecular weight excluding hydrogens is 194 g/mol. The van der Waals surface area contributed by atoms with E-state index in [1.165, 1.54) is 18.3 Å². The Morgan fingerprint density at radius 2 is 2.00 bits per heavy atom. The van der Waals surface area contributed by atoms with Crippen LogP contribution >= 0.6 is 0 Å². The van der Waals surface area contributed by atoms with Crippen molar-refractivity contribution < 1.29 is 17.7 Å². The molecule has 78 valence electrons. The Morgan fingerprint density at radius 3 is 2.73 bits per heavy atom. The monoisotopic (exact) mass is 211 g/mol. The van der Waals surface area contributed by atoms with E-state index in [4.69, 9.17) is 17.7 Å². The molecular formula is C11H11NO3. The minimum absolute atomic E-state index is 0.162. The highest BCUT2D eigenvalue weighted by atomic mass is 16.5. The highest BCUT2D eigenvalue weighted by molar-refractivity contribution is 5.85. The van der Waals surface area contributed by atoms with Crippen LogP contribution in [-0.4, -0.2) is 19.1 Å². The molecule has 0 unspecified atom stereocenters. The van der Waals surface area contributed by atoms with Gasteiger partial charge >= 0.3 is 0 Å².